The molecule has 1 aliphatic rings. The van der Waals surface area contributed by atoms with Crippen molar-refractivity contribution >= 4 is 0 Å². The van der Waals surface area contributed by atoms with E-state index >= 15 is 0 Å². The standard InChI is InChI=1S/C14H17N3O2/c1-2-4-12-11(3-1)6-8-18-13(12)9-15-7-5-14-16-10-19-17-14/h1-4,10,13,15H,5-9H2. The van der Waals surface area contributed by atoms with E-state index in [0.717, 1.165) is 38.4 Å². The number of ether oxygens (including phenoxy) is 1. The first-order chi connectivity index (χ1) is 9.43. The zero-order valence-corrected chi connectivity index (χ0v) is 10.7. The van der Waals surface area contributed by atoms with Crippen LogP contribution in [0.1, 0.15) is 23.1 Å². The Hall–Kier alpha value is -1.72. The second kappa shape index (κ2) is 5.95. The van der Waals surface area contributed by atoms with Crippen LogP contribution in [0.3, 0.4) is 0 Å². The van der Waals surface area contributed by atoms with E-state index < -0.39 is 0 Å². The first-order valence-corrected chi connectivity index (χ1v) is 6.59. The third-order valence-corrected chi connectivity index (χ3v) is 3.35. The molecule has 1 atom stereocenters. The largest absolute Gasteiger partial charge is 0.372 e. The molecule has 1 aromatic carbocycles. The molecule has 0 radical (unpaired) electrons. The average Bonchev–Trinajstić information content (AvgIpc) is 2.97. The summed E-state index contributed by atoms with van der Waals surface area (Å²) >= 11 is 0. The van der Waals surface area contributed by atoms with Crippen molar-refractivity contribution in [1.82, 2.24) is 15.5 Å². The topological polar surface area (TPSA) is 60.2 Å². The summed E-state index contributed by atoms with van der Waals surface area (Å²) in [5.41, 5.74) is 2.71. The van der Waals surface area contributed by atoms with Crippen LogP contribution in [0.25, 0.3) is 0 Å². The van der Waals surface area contributed by atoms with Gasteiger partial charge in [0.05, 0.1) is 12.7 Å². The number of nitrogens with one attached hydrogen (secondary N) is 1. The third kappa shape index (κ3) is 3.00. The summed E-state index contributed by atoms with van der Waals surface area (Å²) in [6.45, 7) is 2.44. The van der Waals surface area contributed by atoms with Gasteiger partial charge >= 0.3 is 0 Å². The molecular weight excluding hydrogens is 242 g/mol. The van der Waals surface area contributed by atoms with Crippen LogP contribution < -0.4 is 5.32 Å². The molecule has 0 saturated heterocycles. The quantitative estimate of drug-likeness (QED) is 0.825. The van der Waals surface area contributed by atoms with Crippen LogP contribution in [0.5, 0.6) is 0 Å². The van der Waals surface area contributed by atoms with E-state index in [2.05, 4.69) is 39.7 Å². The Labute approximate surface area is 112 Å². The number of hydrogen-bond donors (Lipinski definition) is 1. The van der Waals surface area contributed by atoms with Crippen molar-refractivity contribution < 1.29 is 9.26 Å². The molecule has 1 aromatic heterocycles. The van der Waals surface area contributed by atoms with Gasteiger partial charge in [-0.1, -0.05) is 29.4 Å². The monoisotopic (exact) mass is 259 g/mol. The Kier molecular flexibility index (Phi) is 3.86. The zero-order chi connectivity index (χ0) is 12.9. The van der Waals surface area contributed by atoms with E-state index in [-0.39, 0.29) is 6.10 Å². The van der Waals surface area contributed by atoms with Crippen molar-refractivity contribution in [1.29, 1.82) is 0 Å². The second-order valence-corrected chi connectivity index (χ2v) is 4.61. The highest BCUT2D eigenvalue weighted by Gasteiger charge is 2.19. The molecule has 1 unspecified atom stereocenters. The Morgan fingerprint density at radius 3 is 3.16 bits per heavy atom. The molecule has 1 aliphatic heterocycles. The van der Waals surface area contributed by atoms with E-state index in [1.807, 2.05) is 0 Å². The third-order valence-electron chi connectivity index (χ3n) is 3.35. The minimum absolute atomic E-state index is 0.148. The summed E-state index contributed by atoms with van der Waals surface area (Å²) in [4.78, 5) is 3.99. The zero-order valence-electron chi connectivity index (χ0n) is 10.7. The van der Waals surface area contributed by atoms with Crippen molar-refractivity contribution in [2.75, 3.05) is 19.7 Å². The molecule has 2 heterocycles. The fourth-order valence-electron chi connectivity index (χ4n) is 2.38. The number of aromatic nitrogens is 2. The number of nitrogens with zero attached hydrogens (tertiary/aromatic N) is 2. The molecule has 0 saturated carbocycles. The molecule has 5 nitrogen and oxygen atoms in total. The van der Waals surface area contributed by atoms with Crippen LogP contribution in [0, 0.1) is 0 Å². The van der Waals surface area contributed by atoms with Gasteiger partial charge in [-0.3, -0.25) is 0 Å². The minimum atomic E-state index is 0.148. The lowest BCUT2D eigenvalue weighted by atomic mass is 9.97. The number of benzene rings is 1. The van der Waals surface area contributed by atoms with Crippen LogP contribution in [0.4, 0.5) is 0 Å². The summed E-state index contributed by atoms with van der Waals surface area (Å²) in [5.74, 6) is 0.734. The van der Waals surface area contributed by atoms with Gasteiger partial charge in [-0.05, 0) is 17.5 Å². The Balaban J connectivity index is 1.51. The molecule has 0 bridgehead atoms. The van der Waals surface area contributed by atoms with Gasteiger partial charge in [0, 0.05) is 19.5 Å². The van der Waals surface area contributed by atoms with Crippen LogP contribution in [-0.4, -0.2) is 29.8 Å². The van der Waals surface area contributed by atoms with Gasteiger partial charge in [-0.15, -0.1) is 0 Å². The SMILES string of the molecule is c1ccc2c(c1)CCOC2CNCCc1ncon1. The van der Waals surface area contributed by atoms with Crippen molar-refractivity contribution in [2.24, 2.45) is 0 Å². The Morgan fingerprint density at radius 2 is 2.26 bits per heavy atom. The highest BCUT2D eigenvalue weighted by atomic mass is 16.5. The highest BCUT2D eigenvalue weighted by Crippen LogP contribution is 2.25. The number of fused-ring (bicyclic) bond motifs is 1. The second-order valence-electron chi connectivity index (χ2n) is 4.61. The van der Waals surface area contributed by atoms with Crippen molar-refractivity contribution in [3.05, 3.63) is 47.6 Å². The molecular formula is C14H17N3O2. The average molecular weight is 259 g/mol. The molecule has 0 amide bonds. The lowest BCUT2D eigenvalue weighted by Crippen LogP contribution is -2.28. The summed E-state index contributed by atoms with van der Waals surface area (Å²) in [6.07, 6.45) is 3.28. The number of rotatable bonds is 5. The smallest absolute Gasteiger partial charge is 0.213 e. The predicted octanol–water partition coefficient (Wildman–Crippen LogP) is 1.52. The summed E-state index contributed by atoms with van der Waals surface area (Å²) in [5, 5.41) is 7.17. The van der Waals surface area contributed by atoms with Crippen LogP contribution in [0.15, 0.2) is 35.2 Å². The lowest BCUT2D eigenvalue weighted by molar-refractivity contribution is 0.0427. The van der Waals surface area contributed by atoms with Crippen molar-refractivity contribution in [3.63, 3.8) is 0 Å². The fourth-order valence-corrected chi connectivity index (χ4v) is 2.38. The van der Waals surface area contributed by atoms with Gasteiger partial charge in [-0.2, -0.15) is 4.98 Å². The van der Waals surface area contributed by atoms with Gasteiger partial charge in [0.2, 0.25) is 6.39 Å². The molecule has 1 N–H and O–H groups in total. The first-order valence-electron chi connectivity index (χ1n) is 6.59. The van der Waals surface area contributed by atoms with Crippen LogP contribution >= 0.6 is 0 Å². The molecule has 0 aliphatic carbocycles. The van der Waals surface area contributed by atoms with Crippen LogP contribution in [-0.2, 0) is 17.6 Å². The Bertz CT molecular complexity index is 513. The predicted molar refractivity (Wildman–Crippen MR) is 69.7 cm³/mol. The lowest BCUT2D eigenvalue weighted by Gasteiger charge is -2.26. The van der Waals surface area contributed by atoms with E-state index in [1.54, 1.807) is 0 Å². The van der Waals surface area contributed by atoms with Crippen LogP contribution in [0.2, 0.25) is 0 Å². The minimum Gasteiger partial charge on any atom is -0.372 e. The molecule has 100 valence electrons. The van der Waals surface area contributed by atoms with Crippen molar-refractivity contribution in [2.45, 2.75) is 18.9 Å². The molecule has 5 heteroatoms. The Morgan fingerprint density at radius 1 is 1.32 bits per heavy atom. The summed E-state index contributed by atoms with van der Waals surface area (Å²) in [6, 6.07) is 8.49. The normalized spacial score (nSPS) is 18.2. The van der Waals surface area contributed by atoms with Gasteiger partial charge in [0.15, 0.2) is 5.82 Å². The van der Waals surface area contributed by atoms with Gasteiger partial charge in [-0.25, -0.2) is 0 Å². The maximum atomic E-state index is 5.83. The number of hydrogen-bond acceptors (Lipinski definition) is 5. The van der Waals surface area contributed by atoms with Gasteiger partial charge < -0.3 is 14.6 Å². The molecule has 19 heavy (non-hydrogen) atoms. The van der Waals surface area contributed by atoms with Crippen molar-refractivity contribution in [3.8, 4) is 0 Å². The summed E-state index contributed by atoms with van der Waals surface area (Å²) < 4.78 is 10.5. The van der Waals surface area contributed by atoms with Gasteiger partial charge in [0.1, 0.15) is 0 Å². The maximum absolute atomic E-state index is 5.83. The molecule has 2 aromatic rings. The fraction of sp³-hybridized carbons (Fsp3) is 0.429. The van der Waals surface area contributed by atoms with E-state index in [1.165, 1.54) is 17.5 Å². The maximum Gasteiger partial charge on any atom is 0.213 e. The summed E-state index contributed by atoms with van der Waals surface area (Å²) in [7, 11) is 0. The van der Waals surface area contributed by atoms with Gasteiger partial charge in [0.25, 0.3) is 0 Å². The van der Waals surface area contributed by atoms with E-state index in [9.17, 15) is 0 Å². The van der Waals surface area contributed by atoms with E-state index in [4.69, 9.17) is 9.26 Å². The molecule has 0 spiro atoms. The molecule has 0 fully saturated rings. The highest BCUT2D eigenvalue weighted by molar-refractivity contribution is 5.31. The first kappa shape index (κ1) is 12.3. The van der Waals surface area contributed by atoms with E-state index in [0.29, 0.717) is 0 Å². The molecule has 3 rings (SSSR count).